The van der Waals surface area contributed by atoms with Crippen LogP contribution in [-0.2, 0) is 10.8 Å². The second-order valence-corrected chi connectivity index (χ2v) is 39.4. The normalized spacial score (nSPS) is 14.4. The average molecular weight is 1860 g/mol. The standard InChI is InChI=1S/C140H87N5O/c1-3-37-89(38-4-1)96-43-7-9-46-100(96)102-48-14-24-67-122(102)141(130-74-35-62-117-135(130)108-53-11-19-58-113(108)139(117)115-60-21-28-71-127(115)144-125-70-27-16-50-104(125)107-56-32-64-119(139)137(107)144)94-81-77-88(78-82-94)91-41-31-42-95(85-91)142-123-68-25-17-51-105(123)111-86-93(79-83-126(111)142)99-55-34-73-129-134(99)110-57-33-65-120-138(110)145(129)128-72-29-22-61-116(128)140(120)114-59-20-12-54-109(114)136-118(140)63-36-75-131(136)143(124-69-26-15-49-103(124)101-47-10-8-44-97(101)90-39-5-2-6-40-90)121-66-23-13-45-98(121)92-80-84-133-112(87-92)106-52-18-30-76-132(106)146-133/h1-87H. The lowest BCUT2D eigenvalue weighted by Crippen LogP contribution is -2.33. The summed E-state index contributed by atoms with van der Waals surface area (Å²) in [5.74, 6) is 0. The molecule has 6 heterocycles. The Hall–Kier alpha value is -19.1. The summed E-state index contributed by atoms with van der Waals surface area (Å²) in [5, 5.41) is 9.50. The molecule has 0 N–H and O–H groups in total. The number of anilines is 6. The van der Waals surface area contributed by atoms with E-state index in [1.54, 1.807) is 0 Å². The first-order valence-corrected chi connectivity index (χ1v) is 50.6. The topological polar surface area (TPSA) is 34.4 Å². The predicted molar refractivity (Wildman–Crippen MR) is 606 cm³/mol. The molecule has 0 fully saturated rings. The monoisotopic (exact) mass is 1850 g/mol. The van der Waals surface area contributed by atoms with Crippen LogP contribution in [0.5, 0.6) is 0 Å². The highest BCUT2D eigenvalue weighted by Crippen LogP contribution is 2.67. The van der Waals surface area contributed by atoms with Crippen molar-refractivity contribution in [2.45, 2.75) is 10.8 Å². The van der Waals surface area contributed by atoms with E-state index >= 15 is 0 Å². The van der Waals surface area contributed by atoms with Crippen molar-refractivity contribution in [3.8, 4) is 117 Å². The van der Waals surface area contributed by atoms with Gasteiger partial charge >= 0.3 is 0 Å². The van der Waals surface area contributed by atoms with Gasteiger partial charge in [-0.25, -0.2) is 0 Å². The van der Waals surface area contributed by atoms with Crippen molar-refractivity contribution in [3.63, 3.8) is 0 Å². The number of rotatable bonds is 14. The molecule has 146 heavy (non-hydrogen) atoms. The molecule has 0 saturated heterocycles. The smallest absolute Gasteiger partial charge is 0.135 e. The summed E-state index contributed by atoms with van der Waals surface area (Å²) >= 11 is 0. The van der Waals surface area contributed by atoms with Crippen molar-refractivity contribution >= 4 is 121 Å². The van der Waals surface area contributed by atoms with Crippen molar-refractivity contribution in [3.05, 3.63) is 572 Å². The van der Waals surface area contributed by atoms with E-state index in [1.165, 1.54) is 138 Å². The number of fused-ring (bicyclic) bond motifs is 30. The fourth-order valence-corrected chi connectivity index (χ4v) is 26.5. The molecule has 2 spiro atoms. The Morgan fingerprint density at radius 3 is 1.18 bits per heavy atom. The summed E-state index contributed by atoms with van der Waals surface area (Å²) in [6.45, 7) is 0. The average Bonchev–Trinajstić information content (AvgIpc) is 1.49. The van der Waals surface area contributed by atoms with E-state index in [2.05, 4.69) is 551 Å². The molecule has 2 aliphatic carbocycles. The second-order valence-electron chi connectivity index (χ2n) is 39.4. The van der Waals surface area contributed by atoms with Gasteiger partial charge in [0.25, 0.3) is 0 Å². The highest BCUT2D eigenvalue weighted by molar-refractivity contribution is 6.21. The zero-order chi connectivity index (χ0) is 95.6. The van der Waals surface area contributed by atoms with Crippen LogP contribution in [0.2, 0.25) is 0 Å². The Morgan fingerprint density at radius 2 is 0.555 bits per heavy atom. The summed E-state index contributed by atoms with van der Waals surface area (Å²) in [6, 6.07) is 198. The fourth-order valence-electron chi connectivity index (χ4n) is 26.5. The Labute approximate surface area is 843 Å². The zero-order valence-electron chi connectivity index (χ0n) is 79.4. The molecule has 6 heteroatoms. The van der Waals surface area contributed by atoms with E-state index in [9.17, 15) is 0 Å². The highest BCUT2D eigenvalue weighted by Gasteiger charge is 2.54. The predicted octanol–water partition coefficient (Wildman–Crippen LogP) is 36.8. The van der Waals surface area contributed by atoms with Crippen LogP contribution in [0.25, 0.3) is 205 Å². The molecule has 0 amide bonds. The third-order valence-corrected chi connectivity index (χ3v) is 32.3. The molecule has 2 aliphatic heterocycles. The SMILES string of the molecule is c1ccc(-c2ccccc2-c2ccccc2N(c2ccc(-c3cccc(-n4c5ccccc5c5cc(-c6cccc7c6c6cccc8c6n7-c6ccccc6C86c7ccccc7-c7c(N(c8ccccc8-c8ccc9oc%10ccccc%10c9c8)c8ccccc8-c8ccccc8-c8ccccc8)cccc76)ccc54)c3)cc2)c2cccc3c2-c2ccccc2C32c3ccccc3-n3c4ccccc4c4cccc2c43)cc1. The van der Waals surface area contributed by atoms with E-state index in [4.69, 9.17) is 4.42 Å². The fraction of sp³-hybridized carbons (Fsp3) is 0.0143. The quantitative estimate of drug-likeness (QED) is 0.109. The van der Waals surface area contributed by atoms with Crippen LogP contribution in [0.4, 0.5) is 34.1 Å². The number of benzene rings is 23. The zero-order valence-corrected chi connectivity index (χ0v) is 79.4. The molecular formula is C140H87N5O. The van der Waals surface area contributed by atoms with Gasteiger partial charge < -0.3 is 27.9 Å². The van der Waals surface area contributed by atoms with Gasteiger partial charge in [-0.2, -0.15) is 0 Å². The van der Waals surface area contributed by atoms with Crippen LogP contribution >= 0.6 is 0 Å². The van der Waals surface area contributed by atoms with Crippen LogP contribution in [0.3, 0.4) is 0 Å². The van der Waals surface area contributed by atoms with Crippen molar-refractivity contribution in [2.24, 2.45) is 0 Å². The van der Waals surface area contributed by atoms with E-state index < -0.39 is 10.8 Å². The van der Waals surface area contributed by atoms with E-state index in [-0.39, 0.29) is 0 Å². The molecule has 4 aromatic heterocycles. The summed E-state index contributed by atoms with van der Waals surface area (Å²) in [6.07, 6.45) is 0. The van der Waals surface area contributed by atoms with E-state index in [1.807, 2.05) is 0 Å². The van der Waals surface area contributed by atoms with Gasteiger partial charge in [0, 0.05) is 82.3 Å². The number of nitrogens with zero attached hydrogens (tertiary/aromatic N) is 5. The minimum atomic E-state index is -0.777. The third-order valence-electron chi connectivity index (χ3n) is 32.3. The van der Waals surface area contributed by atoms with Gasteiger partial charge in [0.1, 0.15) is 11.2 Å². The minimum absolute atomic E-state index is 0.660. The molecule has 0 radical (unpaired) electrons. The molecule has 23 aromatic carbocycles. The number of aromatic nitrogens is 3. The molecule has 4 aliphatic rings. The van der Waals surface area contributed by atoms with Crippen molar-refractivity contribution in [1.29, 1.82) is 0 Å². The van der Waals surface area contributed by atoms with Gasteiger partial charge in [-0.05, 0) is 232 Å². The lowest BCUT2D eigenvalue weighted by molar-refractivity contribution is 0.669. The molecule has 6 nitrogen and oxygen atoms in total. The highest BCUT2D eigenvalue weighted by atomic mass is 16.3. The van der Waals surface area contributed by atoms with Gasteiger partial charge in [-0.1, -0.05) is 413 Å². The largest absolute Gasteiger partial charge is 0.456 e. The van der Waals surface area contributed by atoms with Crippen molar-refractivity contribution < 1.29 is 4.42 Å². The lowest BCUT2D eigenvalue weighted by atomic mass is 9.65. The third kappa shape index (κ3) is 11.5. The first-order chi connectivity index (χ1) is 72.5. The minimum Gasteiger partial charge on any atom is -0.456 e. The second kappa shape index (κ2) is 31.7. The number of para-hydroxylation sites is 10. The molecule has 31 rings (SSSR count). The Bertz CT molecular complexity index is 10200. The number of hydrogen-bond acceptors (Lipinski definition) is 3. The van der Waals surface area contributed by atoms with Crippen molar-refractivity contribution in [2.75, 3.05) is 9.80 Å². The van der Waals surface area contributed by atoms with E-state index in [0.29, 0.717) is 0 Å². The van der Waals surface area contributed by atoms with E-state index in [0.717, 1.165) is 145 Å². The summed E-state index contributed by atoms with van der Waals surface area (Å²) in [5.41, 5.74) is 48.2. The Morgan fingerprint density at radius 1 is 0.178 bits per heavy atom. The van der Waals surface area contributed by atoms with Crippen LogP contribution in [-0.4, -0.2) is 13.7 Å². The maximum atomic E-state index is 6.53. The molecule has 0 saturated carbocycles. The van der Waals surface area contributed by atoms with Gasteiger partial charge in [-0.15, -0.1) is 0 Å². The summed E-state index contributed by atoms with van der Waals surface area (Å²) < 4.78 is 14.1. The number of hydrogen-bond donors (Lipinski definition) is 0. The summed E-state index contributed by atoms with van der Waals surface area (Å²) in [7, 11) is 0. The first kappa shape index (κ1) is 81.7. The molecule has 2 unspecified atom stereocenters. The Balaban J connectivity index is 0.545. The molecular weight excluding hydrogens is 1770 g/mol. The van der Waals surface area contributed by atoms with Gasteiger partial charge in [0.15, 0.2) is 0 Å². The van der Waals surface area contributed by atoms with Gasteiger partial charge in [-0.3, -0.25) is 0 Å². The Kier molecular flexibility index (Phi) is 17.7. The first-order valence-electron chi connectivity index (χ1n) is 50.6. The van der Waals surface area contributed by atoms with Crippen LogP contribution in [0.15, 0.2) is 532 Å². The number of furan rings is 1. The maximum Gasteiger partial charge on any atom is 0.135 e. The molecule has 27 aromatic rings. The molecule has 678 valence electrons. The molecule has 0 bridgehead atoms. The lowest BCUT2D eigenvalue weighted by Gasteiger charge is -2.39. The van der Waals surface area contributed by atoms with Crippen LogP contribution in [0.1, 0.15) is 44.5 Å². The molecule has 2 atom stereocenters. The van der Waals surface area contributed by atoms with Gasteiger partial charge in [0.05, 0.1) is 83.7 Å². The van der Waals surface area contributed by atoms with Gasteiger partial charge in [0.2, 0.25) is 0 Å². The summed E-state index contributed by atoms with van der Waals surface area (Å²) in [4.78, 5) is 5.15. The maximum absolute atomic E-state index is 6.53. The van der Waals surface area contributed by atoms with Crippen molar-refractivity contribution in [1.82, 2.24) is 13.7 Å². The van der Waals surface area contributed by atoms with Crippen LogP contribution < -0.4 is 9.80 Å². The van der Waals surface area contributed by atoms with Crippen LogP contribution in [0, 0.1) is 0 Å².